The van der Waals surface area contributed by atoms with Gasteiger partial charge in [0.1, 0.15) is 0 Å². The van der Waals surface area contributed by atoms with Gasteiger partial charge in [0.2, 0.25) is 0 Å². The minimum atomic E-state index is 0.309. The molecular weight excluding hydrogens is 272 g/mol. The summed E-state index contributed by atoms with van der Waals surface area (Å²) in [6, 6.07) is 4.39. The Morgan fingerprint density at radius 3 is 1.64 bits per heavy atom. The fraction of sp³-hybridized carbons (Fsp3) is 0.556. The van der Waals surface area contributed by atoms with Crippen molar-refractivity contribution in [1.29, 1.82) is 0 Å². The summed E-state index contributed by atoms with van der Waals surface area (Å²) < 4.78 is 0. The molecule has 2 heterocycles. The molecule has 2 aromatic heterocycles. The predicted octanol–water partition coefficient (Wildman–Crippen LogP) is 3.06. The minimum Gasteiger partial charge on any atom is -0.159 e. The van der Waals surface area contributed by atoms with Crippen molar-refractivity contribution in [1.82, 2.24) is 20.4 Å². The quantitative estimate of drug-likeness (QED) is 0.853. The molecule has 0 aromatic carbocycles. The van der Waals surface area contributed by atoms with Crippen LogP contribution >= 0.6 is 0 Å². The van der Waals surface area contributed by atoms with Crippen molar-refractivity contribution in [3.05, 3.63) is 48.0 Å². The van der Waals surface area contributed by atoms with Crippen molar-refractivity contribution in [3.63, 3.8) is 0 Å². The fourth-order valence-corrected chi connectivity index (χ4v) is 6.15. The topological polar surface area (TPSA) is 51.6 Å². The zero-order chi connectivity index (χ0) is 14.6. The second-order valence-corrected chi connectivity index (χ2v) is 7.78. The third-order valence-electron chi connectivity index (χ3n) is 6.45. The molecule has 4 saturated carbocycles. The first-order valence-corrected chi connectivity index (χ1v) is 8.32. The molecule has 4 nitrogen and oxygen atoms in total. The van der Waals surface area contributed by atoms with E-state index >= 15 is 0 Å². The maximum atomic E-state index is 4.16. The van der Waals surface area contributed by atoms with E-state index in [4.69, 9.17) is 0 Å². The van der Waals surface area contributed by atoms with E-state index in [0.717, 1.165) is 11.8 Å². The Labute approximate surface area is 130 Å². The summed E-state index contributed by atoms with van der Waals surface area (Å²) in [4.78, 5) is 0. The highest BCUT2D eigenvalue weighted by atomic mass is 15.1. The Balaban J connectivity index is 1.63. The van der Waals surface area contributed by atoms with Crippen LogP contribution in [0.15, 0.2) is 36.9 Å². The average Bonchev–Trinajstić information content (AvgIpc) is 2.55. The molecule has 0 aliphatic heterocycles. The Hall–Kier alpha value is -1.84. The van der Waals surface area contributed by atoms with Crippen LogP contribution < -0.4 is 0 Å². The molecule has 22 heavy (non-hydrogen) atoms. The van der Waals surface area contributed by atoms with Gasteiger partial charge in [-0.05, 0) is 84.5 Å². The van der Waals surface area contributed by atoms with E-state index < -0.39 is 0 Å². The average molecular weight is 292 g/mol. The molecule has 4 fully saturated rings. The highest BCUT2D eigenvalue weighted by molar-refractivity contribution is 5.34. The molecule has 4 aliphatic rings. The van der Waals surface area contributed by atoms with Crippen molar-refractivity contribution in [2.45, 2.75) is 49.4 Å². The lowest BCUT2D eigenvalue weighted by Crippen LogP contribution is -2.56. The van der Waals surface area contributed by atoms with Crippen LogP contribution in [0.3, 0.4) is 0 Å². The van der Waals surface area contributed by atoms with Gasteiger partial charge in [0.25, 0.3) is 0 Å². The second kappa shape index (κ2) is 4.34. The Morgan fingerprint density at radius 1 is 0.727 bits per heavy atom. The van der Waals surface area contributed by atoms with E-state index in [-0.39, 0.29) is 0 Å². The highest BCUT2D eigenvalue weighted by Gasteiger charge is 2.58. The predicted molar refractivity (Wildman–Crippen MR) is 82.1 cm³/mol. The van der Waals surface area contributed by atoms with Crippen LogP contribution in [0.4, 0.5) is 0 Å². The summed E-state index contributed by atoms with van der Waals surface area (Å²) in [6.45, 7) is 0. The molecule has 0 saturated heterocycles. The van der Waals surface area contributed by atoms with Gasteiger partial charge in [-0.2, -0.15) is 20.4 Å². The van der Waals surface area contributed by atoms with Crippen LogP contribution in [0.1, 0.15) is 49.7 Å². The lowest BCUT2D eigenvalue weighted by Gasteiger charge is -2.62. The van der Waals surface area contributed by atoms with Crippen molar-refractivity contribution < 1.29 is 0 Å². The van der Waals surface area contributed by atoms with Gasteiger partial charge in [0.05, 0.1) is 12.4 Å². The number of rotatable bonds is 2. The molecule has 112 valence electrons. The number of hydrogen-bond donors (Lipinski definition) is 0. The summed E-state index contributed by atoms with van der Waals surface area (Å²) in [6.07, 6.45) is 15.7. The highest BCUT2D eigenvalue weighted by Crippen LogP contribution is 2.65. The maximum Gasteiger partial charge on any atom is 0.0533 e. The molecule has 4 bridgehead atoms. The zero-order valence-corrected chi connectivity index (χ0v) is 12.7. The lowest BCUT2D eigenvalue weighted by atomic mass is 9.42. The summed E-state index contributed by atoms with van der Waals surface area (Å²) in [5.41, 5.74) is 3.43. The van der Waals surface area contributed by atoms with Crippen LogP contribution in [0, 0.1) is 11.8 Å². The van der Waals surface area contributed by atoms with Crippen LogP contribution in [-0.4, -0.2) is 20.4 Å². The standard InChI is InChI=1S/C18H20N4/c1-3-19-21-10-15(1)17-6-13-5-14(7-17)9-18(8-13,12-17)16-2-4-20-22-11-16/h1-4,10-11,13-14H,5-9,12H2. The van der Waals surface area contributed by atoms with Gasteiger partial charge in [-0.3, -0.25) is 0 Å². The van der Waals surface area contributed by atoms with Crippen molar-refractivity contribution in [3.8, 4) is 0 Å². The van der Waals surface area contributed by atoms with Gasteiger partial charge in [-0.25, -0.2) is 0 Å². The first-order chi connectivity index (χ1) is 10.8. The van der Waals surface area contributed by atoms with Gasteiger partial charge in [0, 0.05) is 12.4 Å². The first kappa shape index (κ1) is 12.7. The molecule has 4 aliphatic carbocycles. The maximum absolute atomic E-state index is 4.16. The van der Waals surface area contributed by atoms with Crippen LogP contribution in [0.2, 0.25) is 0 Å². The molecule has 6 rings (SSSR count). The molecule has 0 spiro atoms. The van der Waals surface area contributed by atoms with Crippen LogP contribution in [0.25, 0.3) is 0 Å². The van der Waals surface area contributed by atoms with E-state index in [0.29, 0.717) is 10.8 Å². The Kier molecular flexibility index (Phi) is 2.50. The molecule has 0 amide bonds. The van der Waals surface area contributed by atoms with Gasteiger partial charge in [-0.15, -0.1) is 0 Å². The molecule has 0 unspecified atom stereocenters. The molecule has 2 aromatic rings. The Morgan fingerprint density at radius 2 is 1.23 bits per heavy atom. The molecular formula is C18H20N4. The molecule has 0 N–H and O–H groups in total. The van der Waals surface area contributed by atoms with Gasteiger partial charge < -0.3 is 0 Å². The van der Waals surface area contributed by atoms with Gasteiger partial charge >= 0.3 is 0 Å². The number of aromatic nitrogens is 4. The minimum absolute atomic E-state index is 0.309. The summed E-state index contributed by atoms with van der Waals surface area (Å²) in [5.74, 6) is 1.70. The van der Waals surface area contributed by atoms with E-state index in [2.05, 4.69) is 32.5 Å². The third-order valence-corrected chi connectivity index (χ3v) is 6.45. The smallest absolute Gasteiger partial charge is 0.0533 e. The number of hydrogen-bond acceptors (Lipinski definition) is 4. The van der Waals surface area contributed by atoms with Crippen molar-refractivity contribution in [2.75, 3.05) is 0 Å². The Bertz CT molecular complexity index is 613. The zero-order valence-electron chi connectivity index (χ0n) is 12.7. The van der Waals surface area contributed by atoms with Crippen molar-refractivity contribution in [2.24, 2.45) is 11.8 Å². The SMILES string of the molecule is c1cc(C23CC4CC(C2)CC(c2ccnnc2)(C4)C3)cnn1. The van der Waals surface area contributed by atoms with Crippen LogP contribution in [-0.2, 0) is 10.8 Å². The van der Waals surface area contributed by atoms with E-state index in [1.165, 1.54) is 49.7 Å². The van der Waals surface area contributed by atoms with E-state index in [1.807, 2.05) is 24.8 Å². The molecule has 0 radical (unpaired) electrons. The summed E-state index contributed by atoms with van der Waals surface area (Å²) >= 11 is 0. The van der Waals surface area contributed by atoms with Crippen molar-refractivity contribution >= 4 is 0 Å². The summed E-state index contributed by atoms with van der Waals surface area (Å²) in [7, 11) is 0. The van der Waals surface area contributed by atoms with Crippen LogP contribution in [0.5, 0.6) is 0 Å². The first-order valence-electron chi connectivity index (χ1n) is 8.32. The molecule has 0 atom stereocenters. The second-order valence-electron chi connectivity index (χ2n) is 7.78. The lowest BCUT2D eigenvalue weighted by molar-refractivity contribution is -0.0285. The molecule has 4 heteroatoms. The summed E-state index contributed by atoms with van der Waals surface area (Å²) in [5, 5.41) is 16.3. The normalized spacial score (nSPS) is 39.1. The third kappa shape index (κ3) is 1.70. The van der Waals surface area contributed by atoms with E-state index in [1.54, 1.807) is 0 Å². The van der Waals surface area contributed by atoms with E-state index in [9.17, 15) is 0 Å². The monoisotopic (exact) mass is 292 g/mol. The van der Waals surface area contributed by atoms with Gasteiger partial charge in [-0.1, -0.05) is 0 Å². The van der Waals surface area contributed by atoms with Gasteiger partial charge in [0.15, 0.2) is 0 Å². The largest absolute Gasteiger partial charge is 0.159 e. The number of nitrogens with zero attached hydrogens (tertiary/aromatic N) is 4. The fourth-order valence-electron chi connectivity index (χ4n) is 6.15.